The largest absolute Gasteiger partial charge is 0.454 e. The number of carbonyl (C=O) groups is 2. The number of benzene rings is 2. The molecule has 9 nitrogen and oxygen atoms in total. The van der Waals surface area contributed by atoms with Gasteiger partial charge in [0.05, 0.1) is 22.3 Å². The number of aromatic nitrogens is 2. The Bertz CT molecular complexity index is 1200. The molecule has 10 heteroatoms. The molecule has 4 rings (SSSR count). The molecule has 1 aliphatic rings. The first-order chi connectivity index (χ1) is 14.9. The molecule has 3 aromatic rings. The van der Waals surface area contributed by atoms with Gasteiger partial charge in [-0.25, -0.2) is 13.4 Å². The lowest BCUT2D eigenvalue weighted by Gasteiger charge is -2.15. The molecule has 1 saturated heterocycles. The number of anilines is 1. The monoisotopic (exact) mass is 442 g/mol. The Morgan fingerprint density at radius 1 is 1.03 bits per heavy atom. The van der Waals surface area contributed by atoms with Crippen LogP contribution in [0.15, 0.2) is 59.8 Å². The Balaban J connectivity index is 1.29. The highest BCUT2D eigenvalue weighted by Crippen LogP contribution is 2.22. The summed E-state index contributed by atoms with van der Waals surface area (Å²) in [6, 6.07) is 13.3. The van der Waals surface area contributed by atoms with E-state index in [1.807, 2.05) is 24.3 Å². The Morgan fingerprint density at radius 3 is 2.48 bits per heavy atom. The zero-order valence-electron chi connectivity index (χ0n) is 16.7. The SMILES string of the molecule is O=C(COC(=O)Cn1cnc2ccccc21)Nc1ccc(S(=O)(=O)N2CCCC2)cc1. The third kappa shape index (κ3) is 4.75. The van der Waals surface area contributed by atoms with Crippen LogP contribution in [0.2, 0.25) is 0 Å². The Hall–Kier alpha value is -3.24. The lowest BCUT2D eigenvalue weighted by Crippen LogP contribution is -2.27. The topological polar surface area (TPSA) is 111 Å². The van der Waals surface area contributed by atoms with Crippen LogP contribution in [-0.2, 0) is 30.9 Å². The lowest BCUT2D eigenvalue weighted by atomic mass is 10.3. The number of carbonyl (C=O) groups excluding carboxylic acids is 2. The van der Waals surface area contributed by atoms with Crippen molar-refractivity contribution < 1.29 is 22.7 Å². The third-order valence-corrected chi connectivity index (χ3v) is 6.94. The van der Waals surface area contributed by atoms with Crippen LogP contribution in [-0.4, -0.2) is 53.8 Å². The molecular formula is C21H22N4O5S. The van der Waals surface area contributed by atoms with E-state index in [0.29, 0.717) is 18.8 Å². The van der Waals surface area contributed by atoms with Gasteiger partial charge in [-0.05, 0) is 49.2 Å². The highest BCUT2D eigenvalue weighted by atomic mass is 32.2. The van der Waals surface area contributed by atoms with Gasteiger partial charge >= 0.3 is 5.97 Å². The summed E-state index contributed by atoms with van der Waals surface area (Å²) in [4.78, 5) is 28.5. The summed E-state index contributed by atoms with van der Waals surface area (Å²) in [6.45, 7) is 0.554. The van der Waals surface area contributed by atoms with Gasteiger partial charge < -0.3 is 14.6 Å². The summed E-state index contributed by atoms with van der Waals surface area (Å²) in [5.74, 6) is -1.08. The van der Waals surface area contributed by atoms with E-state index < -0.39 is 28.5 Å². The minimum Gasteiger partial charge on any atom is -0.454 e. The van der Waals surface area contributed by atoms with Crippen molar-refractivity contribution in [1.82, 2.24) is 13.9 Å². The van der Waals surface area contributed by atoms with Gasteiger partial charge in [0.2, 0.25) is 10.0 Å². The number of fused-ring (bicyclic) bond motifs is 1. The Morgan fingerprint density at radius 2 is 1.74 bits per heavy atom. The lowest BCUT2D eigenvalue weighted by molar-refractivity contribution is -0.147. The zero-order valence-corrected chi connectivity index (χ0v) is 17.5. The van der Waals surface area contributed by atoms with Crippen molar-refractivity contribution in [1.29, 1.82) is 0 Å². The summed E-state index contributed by atoms with van der Waals surface area (Å²) < 4.78 is 33.2. The van der Waals surface area contributed by atoms with Gasteiger partial charge in [-0.3, -0.25) is 9.59 Å². The van der Waals surface area contributed by atoms with Crippen molar-refractivity contribution in [2.24, 2.45) is 0 Å². The van der Waals surface area contributed by atoms with E-state index in [1.54, 1.807) is 10.9 Å². The van der Waals surface area contributed by atoms with Crippen LogP contribution in [0.25, 0.3) is 11.0 Å². The smallest absolute Gasteiger partial charge is 0.326 e. The van der Waals surface area contributed by atoms with Crippen molar-refractivity contribution in [2.75, 3.05) is 25.0 Å². The molecule has 1 N–H and O–H groups in total. The van der Waals surface area contributed by atoms with Crippen LogP contribution in [0.5, 0.6) is 0 Å². The van der Waals surface area contributed by atoms with Crippen LogP contribution in [0.1, 0.15) is 12.8 Å². The number of ether oxygens (including phenoxy) is 1. The van der Waals surface area contributed by atoms with Gasteiger partial charge in [0.25, 0.3) is 5.91 Å². The molecule has 0 radical (unpaired) electrons. The second-order valence-electron chi connectivity index (χ2n) is 7.21. The first-order valence-electron chi connectivity index (χ1n) is 9.89. The Kier molecular flexibility index (Phi) is 6.01. The molecule has 31 heavy (non-hydrogen) atoms. The van der Waals surface area contributed by atoms with Crippen LogP contribution < -0.4 is 5.32 Å². The summed E-state index contributed by atoms with van der Waals surface area (Å²) in [5.41, 5.74) is 1.98. The van der Waals surface area contributed by atoms with Gasteiger partial charge in [-0.2, -0.15) is 4.31 Å². The normalized spacial score (nSPS) is 14.6. The molecule has 0 atom stereocenters. The number of esters is 1. The maximum atomic E-state index is 12.5. The predicted molar refractivity (Wildman–Crippen MR) is 114 cm³/mol. The molecule has 0 saturated carbocycles. The second-order valence-corrected chi connectivity index (χ2v) is 9.14. The predicted octanol–water partition coefficient (Wildman–Crippen LogP) is 2.00. The van der Waals surface area contributed by atoms with E-state index >= 15 is 0 Å². The van der Waals surface area contributed by atoms with Crippen LogP contribution in [0, 0.1) is 0 Å². The van der Waals surface area contributed by atoms with E-state index in [9.17, 15) is 18.0 Å². The van der Waals surface area contributed by atoms with Gasteiger partial charge in [-0.15, -0.1) is 0 Å². The summed E-state index contributed by atoms with van der Waals surface area (Å²) in [7, 11) is -3.50. The highest BCUT2D eigenvalue weighted by Gasteiger charge is 2.26. The number of sulfonamides is 1. The molecule has 0 unspecified atom stereocenters. The second kappa shape index (κ2) is 8.86. The van der Waals surface area contributed by atoms with Gasteiger partial charge in [0.1, 0.15) is 6.54 Å². The molecule has 2 aromatic carbocycles. The first kappa shape index (κ1) is 21.0. The van der Waals surface area contributed by atoms with Gasteiger partial charge in [-0.1, -0.05) is 12.1 Å². The van der Waals surface area contributed by atoms with Crippen LogP contribution in [0.4, 0.5) is 5.69 Å². The summed E-state index contributed by atoms with van der Waals surface area (Å²) >= 11 is 0. The minimum atomic E-state index is -3.50. The standard InChI is InChI=1S/C21H22N4O5S/c26-20(14-30-21(27)13-24-15-22-18-5-1-2-6-19(18)24)23-16-7-9-17(10-8-16)31(28,29)25-11-3-4-12-25/h1-2,5-10,15H,3-4,11-14H2,(H,23,26). The molecule has 0 bridgehead atoms. The molecule has 162 valence electrons. The number of rotatable bonds is 7. The summed E-state index contributed by atoms with van der Waals surface area (Å²) in [6.07, 6.45) is 3.27. The molecule has 1 amide bonds. The van der Waals surface area contributed by atoms with Crippen LogP contribution in [0.3, 0.4) is 0 Å². The molecule has 1 aromatic heterocycles. The number of hydrogen-bond acceptors (Lipinski definition) is 6. The number of hydrogen-bond donors (Lipinski definition) is 1. The van der Waals surface area contributed by atoms with Crippen molar-refractivity contribution in [3.05, 3.63) is 54.9 Å². The Labute approximate surface area is 179 Å². The van der Waals surface area contributed by atoms with E-state index in [0.717, 1.165) is 23.9 Å². The molecular weight excluding hydrogens is 420 g/mol. The quantitative estimate of drug-likeness (QED) is 0.561. The number of nitrogens with zero attached hydrogens (tertiary/aromatic N) is 3. The fraction of sp³-hybridized carbons (Fsp3) is 0.286. The number of amides is 1. The number of para-hydroxylation sites is 2. The highest BCUT2D eigenvalue weighted by molar-refractivity contribution is 7.89. The maximum Gasteiger partial charge on any atom is 0.326 e. The fourth-order valence-electron chi connectivity index (χ4n) is 3.45. The van der Waals surface area contributed by atoms with Crippen molar-refractivity contribution in [3.8, 4) is 0 Å². The van der Waals surface area contributed by atoms with Gasteiger partial charge in [0, 0.05) is 18.8 Å². The third-order valence-electron chi connectivity index (χ3n) is 5.03. The van der Waals surface area contributed by atoms with Crippen molar-refractivity contribution in [3.63, 3.8) is 0 Å². The number of imidazole rings is 1. The molecule has 0 aliphatic carbocycles. The van der Waals surface area contributed by atoms with Crippen molar-refractivity contribution >= 4 is 38.6 Å². The number of nitrogens with one attached hydrogen (secondary N) is 1. The molecule has 2 heterocycles. The molecule has 1 aliphatic heterocycles. The van der Waals surface area contributed by atoms with Crippen LogP contribution >= 0.6 is 0 Å². The van der Waals surface area contributed by atoms with E-state index in [2.05, 4.69) is 10.3 Å². The van der Waals surface area contributed by atoms with E-state index in [4.69, 9.17) is 4.74 Å². The zero-order chi connectivity index (χ0) is 21.8. The van der Waals surface area contributed by atoms with E-state index in [-0.39, 0.29) is 11.4 Å². The van der Waals surface area contributed by atoms with Gasteiger partial charge in [0.15, 0.2) is 6.61 Å². The first-order valence-corrected chi connectivity index (χ1v) is 11.3. The fourth-order valence-corrected chi connectivity index (χ4v) is 4.97. The minimum absolute atomic E-state index is 0.0587. The average Bonchev–Trinajstić information content (AvgIpc) is 3.44. The van der Waals surface area contributed by atoms with Crippen molar-refractivity contribution in [2.45, 2.75) is 24.3 Å². The average molecular weight is 442 g/mol. The molecule has 1 fully saturated rings. The summed E-state index contributed by atoms with van der Waals surface area (Å²) in [5, 5.41) is 2.59. The molecule has 0 spiro atoms. The maximum absolute atomic E-state index is 12.5. The van der Waals surface area contributed by atoms with E-state index in [1.165, 1.54) is 28.6 Å².